The molecule has 1 aliphatic heterocycles. The monoisotopic (exact) mass is 428 g/mol. The van der Waals surface area contributed by atoms with Crippen LogP contribution in [0.1, 0.15) is 12.0 Å². The summed E-state index contributed by atoms with van der Waals surface area (Å²) in [6, 6.07) is 3.88. The molecule has 1 aromatic rings. The third-order valence-corrected chi connectivity index (χ3v) is 4.59. The summed E-state index contributed by atoms with van der Waals surface area (Å²) in [5.41, 5.74) is 0.220. The molecule has 2 nitrogen and oxygen atoms in total. The Labute approximate surface area is 139 Å². The van der Waals surface area contributed by atoms with Crippen molar-refractivity contribution in [1.29, 1.82) is 0 Å². The van der Waals surface area contributed by atoms with Crippen LogP contribution in [0.2, 0.25) is 0 Å². The minimum atomic E-state index is -4.30. The molecule has 0 amide bonds. The first-order valence-corrected chi connectivity index (χ1v) is 8.73. The highest BCUT2D eigenvalue weighted by Gasteiger charge is 2.31. The van der Waals surface area contributed by atoms with Gasteiger partial charge in [0, 0.05) is 36.0 Å². The molecule has 1 heterocycles. The number of hydrogen-bond donors (Lipinski definition) is 0. The molecule has 1 aliphatic rings. The van der Waals surface area contributed by atoms with Gasteiger partial charge in [-0.25, -0.2) is 0 Å². The van der Waals surface area contributed by atoms with E-state index in [4.69, 9.17) is 0 Å². The molecule has 0 spiro atoms. The number of hydrogen-bond acceptors (Lipinski definition) is 2. The third-order valence-electron chi connectivity index (χ3n) is 3.60. The second-order valence-electron chi connectivity index (χ2n) is 5.04. The molecule has 0 saturated carbocycles. The van der Waals surface area contributed by atoms with Crippen molar-refractivity contribution >= 4 is 37.5 Å². The molecule has 1 saturated heterocycles. The summed E-state index contributed by atoms with van der Waals surface area (Å²) in [6.45, 7) is 4.65. The van der Waals surface area contributed by atoms with Crippen LogP contribution in [0.15, 0.2) is 22.7 Å². The summed E-state index contributed by atoms with van der Waals surface area (Å²) in [4.78, 5) is 4.52. The van der Waals surface area contributed by atoms with Gasteiger partial charge in [-0.05, 0) is 47.1 Å². The molecule has 118 valence electrons. The molecule has 0 N–H and O–H groups in total. The molecule has 0 radical (unpaired) electrons. The molecule has 0 aliphatic carbocycles. The summed E-state index contributed by atoms with van der Waals surface area (Å²) in [6.07, 6.45) is -3.28. The van der Waals surface area contributed by atoms with E-state index in [1.54, 1.807) is 6.07 Å². The lowest BCUT2D eigenvalue weighted by Gasteiger charge is -2.25. The molecule has 0 unspecified atom stereocenters. The predicted octanol–water partition coefficient (Wildman–Crippen LogP) is 4.37. The van der Waals surface area contributed by atoms with Gasteiger partial charge < -0.3 is 9.80 Å². The van der Waals surface area contributed by atoms with Crippen molar-refractivity contribution in [3.63, 3.8) is 0 Å². The summed E-state index contributed by atoms with van der Waals surface area (Å²) in [5, 5.41) is 0.941. The molecule has 1 aromatic carbocycles. The van der Waals surface area contributed by atoms with Crippen molar-refractivity contribution in [2.45, 2.75) is 12.6 Å². The fraction of sp³-hybridized carbons (Fsp3) is 0.571. The molecule has 0 bridgehead atoms. The Bertz CT molecular complexity index is 480. The van der Waals surface area contributed by atoms with Crippen molar-refractivity contribution in [2.75, 3.05) is 43.0 Å². The first kappa shape index (κ1) is 17.1. The molecule has 7 heteroatoms. The Morgan fingerprint density at radius 1 is 1.10 bits per heavy atom. The quantitative estimate of drug-likeness (QED) is 0.658. The molecule has 2 rings (SSSR count). The summed E-state index contributed by atoms with van der Waals surface area (Å²) in [7, 11) is 0. The average molecular weight is 430 g/mol. The third kappa shape index (κ3) is 4.60. The highest BCUT2D eigenvalue weighted by molar-refractivity contribution is 9.10. The van der Waals surface area contributed by atoms with E-state index in [-0.39, 0.29) is 0 Å². The van der Waals surface area contributed by atoms with Gasteiger partial charge >= 0.3 is 6.18 Å². The normalized spacial score (nSPS) is 17.9. The molecule has 0 atom stereocenters. The van der Waals surface area contributed by atoms with Crippen LogP contribution in [0.4, 0.5) is 18.9 Å². The van der Waals surface area contributed by atoms with Gasteiger partial charge in [0.05, 0.1) is 11.3 Å². The number of anilines is 1. The van der Waals surface area contributed by atoms with Crippen molar-refractivity contribution in [1.82, 2.24) is 4.90 Å². The topological polar surface area (TPSA) is 6.48 Å². The van der Waals surface area contributed by atoms with E-state index in [1.165, 1.54) is 0 Å². The van der Waals surface area contributed by atoms with E-state index in [9.17, 15) is 13.2 Å². The van der Waals surface area contributed by atoms with E-state index in [2.05, 4.69) is 41.7 Å². The van der Waals surface area contributed by atoms with E-state index >= 15 is 0 Å². The van der Waals surface area contributed by atoms with Crippen LogP contribution in [0.25, 0.3) is 0 Å². The fourth-order valence-electron chi connectivity index (χ4n) is 2.49. The second-order valence-corrected chi connectivity index (χ2v) is 6.68. The zero-order valence-corrected chi connectivity index (χ0v) is 14.6. The maximum atomic E-state index is 12.7. The van der Waals surface area contributed by atoms with Gasteiger partial charge in [-0.3, -0.25) is 0 Å². The van der Waals surface area contributed by atoms with Gasteiger partial charge in [0.2, 0.25) is 0 Å². The predicted molar refractivity (Wildman–Crippen MR) is 86.2 cm³/mol. The Hall–Kier alpha value is -0.270. The van der Waals surface area contributed by atoms with Crippen molar-refractivity contribution in [2.24, 2.45) is 0 Å². The lowest BCUT2D eigenvalue weighted by atomic mass is 10.2. The Kier molecular flexibility index (Phi) is 5.96. The molecule has 0 aromatic heterocycles. The van der Waals surface area contributed by atoms with Gasteiger partial charge in [0.15, 0.2) is 0 Å². The number of alkyl halides is 4. The van der Waals surface area contributed by atoms with Gasteiger partial charge in [-0.1, -0.05) is 15.9 Å². The number of halogens is 5. The minimum absolute atomic E-state index is 0.506. The molecule has 21 heavy (non-hydrogen) atoms. The largest absolute Gasteiger partial charge is 0.416 e. The lowest BCUT2D eigenvalue weighted by molar-refractivity contribution is -0.137. The summed E-state index contributed by atoms with van der Waals surface area (Å²) >= 11 is 6.72. The van der Waals surface area contributed by atoms with Gasteiger partial charge in [0.25, 0.3) is 0 Å². The summed E-state index contributed by atoms with van der Waals surface area (Å²) in [5.74, 6) is 0. The zero-order chi connectivity index (χ0) is 15.5. The Balaban J connectivity index is 2.11. The summed E-state index contributed by atoms with van der Waals surface area (Å²) < 4.78 is 38.6. The van der Waals surface area contributed by atoms with Crippen LogP contribution in [0.3, 0.4) is 0 Å². The highest BCUT2D eigenvalue weighted by Crippen LogP contribution is 2.35. The molecular weight excluding hydrogens is 413 g/mol. The van der Waals surface area contributed by atoms with Crippen LogP contribution in [0.5, 0.6) is 0 Å². The maximum absolute atomic E-state index is 12.7. The number of benzene rings is 1. The van der Waals surface area contributed by atoms with Gasteiger partial charge in [-0.15, -0.1) is 0 Å². The lowest BCUT2D eigenvalue weighted by Crippen LogP contribution is -2.32. The van der Waals surface area contributed by atoms with Crippen molar-refractivity contribution in [3.05, 3.63) is 28.2 Å². The first-order valence-electron chi connectivity index (χ1n) is 6.82. The first-order chi connectivity index (χ1) is 9.91. The second kappa shape index (κ2) is 7.33. The standard InChI is InChI=1S/C14H17Br2F3N2/c15-4-7-20-5-1-6-21(9-8-20)13-3-2-11(10-12(13)16)14(17,18)19/h2-3,10H,1,4-9H2. The van der Waals surface area contributed by atoms with Crippen LogP contribution < -0.4 is 4.90 Å². The maximum Gasteiger partial charge on any atom is 0.416 e. The van der Waals surface area contributed by atoms with E-state index in [0.717, 1.165) is 62.3 Å². The van der Waals surface area contributed by atoms with Crippen LogP contribution in [0, 0.1) is 0 Å². The smallest absolute Gasteiger partial charge is 0.369 e. The fourth-order valence-corrected chi connectivity index (χ4v) is 3.63. The molecule has 1 fully saturated rings. The van der Waals surface area contributed by atoms with E-state index < -0.39 is 11.7 Å². The Morgan fingerprint density at radius 2 is 1.86 bits per heavy atom. The van der Waals surface area contributed by atoms with Crippen LogP contribution in [-0.2, 0) is 6.18 Å². The Morgan fingerprint density at radius 3 is 2.48 bits per heavy atom. The number of nitrogens with zero attached hydrogens (tertiary/aromatic N) is 2. The van der Waals surface area contributed by atoms with Crippen molar-refractivity contribution < 1.29 is 13.2 Å². The van der Waals surface area contributed by atoms with E-state index in [1.807, 2.05) is 0 Å². The minimum Gasteiger partial charge on any atom is -0.369 e. The van der Waals surface area contributed by atoms with Crippen molar-refractivity contribution in [3.8, 4) is 0 Å². The SMILES string of the molecule is FC(F)(F)c1ccc(N2CCCN(CCBr)CC2)c(Br)c1. The van der Waals surface area contributed by atoms with Gasteiger partial charge in [0.1, 0.15) is 0 Å². The van der Waals surface area contributed by atoms with E-state index in [0.29, 0.717) is 4.47 Å². The average Bonchev–Trinajstić information content (AvgIpc) is 2.64. The highest BCUT2D eigenvalue weighted by atomic mass is 79.9. The van der Waals surface area contributed by atoms with Crippen LogP contribution >= 0.6 is 31.9 Å². The van der Waals surface area contributed by atoms with Crippen LogP contribution in [-0.4, -0.2) is 43.0 Å². The number of rotatable bonds is 3. The molecular formula is C14H17Br2F3N2. The van der Waals surface area contributed by atoms with Gasteiger partial charge in [-0.2, -0.15) is 13.2 Å². The zero-order valence-electron chi connectivity index (χ0n) is 11.5.